The van der Waals surface area contributed by atoms with Gasteiger partial charge in [0.15, 0.2) is 6.61 Å². The number of hydrogen-bond acceptors (Lipinski definition) is 4. The number of nitrogens with one attached hydrogen (secondary N) is 1. The first-order valence-corrected chi connectivity index (χ1v) is 9.70. The average Bonchev–Trinajstić information content (AvgIpc) is 3.17. The number of carboxylic acids is 1. The predicted octanol–water partition coefficient (Wildman–Crippen LogP) is 4.36. The minimum atomic E-state index is -1.02. The van der Waals surface area contributed by atoms with Crippen LogP contribution in [0, 0.1) is 6.92 Å². The van der Waals surface area contributed by atoms with Gasteiger partial charge in [0.1, 0.15) is 5.75 Å². The fourth-order valence-electron chi connectivity index (χ4n) is 3.54. The van der Waals surface area contributed by atoms with Gasteiger partial charge in [-0.05, 0) is 55.0 Å². The van der Waals surface area contributed by atoms with Crippen molar-refractivity contribution in [2.45, 2.75) is 44.4 Å². The lowest BCUT2D eigenvalue weighted by Gasteiger charge is -2.35. The molecule has 1 fully saturated rings. The Hall–Kier alpha value is -2.34. The van der Waals surface area contributed by atoms with E-state index in [2.05, 4.69) is 11.4 Å². The summed E-state index contributed by atoms with van der Waals surface area (Å²) < 4.78 is 5.19. The van der Waals surface area contributed by atoms with Crippen molar-refractivity contribution < 1.29 is 19.4 Å². The number of aliphatic carboxylic acids is 1. The van der Waals surface area contributed by atoms with Gasteiger partial charge in [0.2, 0.25) is 5.91 Å². The van der Waals surface area contributed by atoms with Crippen LogP contribution >= 0.6 is 11.3 Å². The Morgan fingerprint density at radius 2 is 2.00 bits per heavy atom. The molecule has 1 aliphatic rings. The van der Waals surface area contributed by atoms with E-state index in [0.29, 0.717) is 5.75 Å². The van der Waals surface area contributed by atoms with Gasteiger partial charge >= 0.3 is 5.97 Å². The number of ether oxygens (including phenoxy) is 1. The van der Waals surface area contributed by atoms with E-state index >= 15 is 0 Å². The SMILES string of the molecule is Cc1cc(OCC(=O)O)ccc1NC(=O)C1(c2cccs2)CCCCC1. The summed E-state index contributed by atoms with van der Waals surface area (Å²) in [5.74, 6) is -0.495. The van der Waals surface area contributed by atoms with Crippen LogP contribution in [-0.4, -0.2) is 23.6 Å². The molecular weight excluding hydrogens is 350 g/mol. The molecule has 0 aliphatic heterocycles. The van der Waals surface area contributed by atoms with Crippen molar-refractivity contribution in [1.29, 1.82) is 0 Å². The first-order valence-electron chi connectivity index (χ1n) is 8.82. The average molecular weight is 373 g/mol. The van der Waals surface area contributed by atoms with Gasteiger partial charge in [0.05, 0.1) is 5.41 Å². The summed E-state index contributed by atoms with van der Waals surface area (Å²) in [7, 11) is 0. The number of carbonyl (C=O) groups is 2. The zero-order valence-corrected chi connectivity index (χ0v) is 15.6. The number of hydrogen-bond donors (Lipinski definition) is 2. The van der Waals surface area contributed by atoms with Crippen LogP contribution in [0.25, 0.3) is 0 Å². The highest BCUT2D eigenvalue weighted by Gasteiger charge is 2.42. The largest absolute Gasteiger partial charge is 0.482 e. The highest BCUT2D eigenvalue weighted by Crippen LogP contribution is 2.42. The third-order valence-electron chi connectivity index (χ3n) is 4.94. The summed E-state index contributed by atoms with van der Waals surface area (Å²) in [6, 6.07) is 9.27. The molecule has 26 heavy (non-hydrogen) atoms. The predicted molar refractivity (Wildman–Crippen MR) is 102 cm³/mol. The molecular formula is C20H23NO4S. The third kappa shape index (κ3) is 3.90. The molecule has 5 nitrogen and oxygen atoms in total. The smallest absolute Gasteiger partial charge is 0.341 e. The molecule has 0 spiro atoms. The number of benzene rings is 1. The van der Waals surface area contributed by atoms with E-state index in [4.69, 9.17) is 9.84 Å². The minimum absolute atomic E-state index is 0.0435. The van der Waals surface area contributed by atoms with Gasteiger partial charge in [0, 0.05) is 10.6 Å². The summed E-state index contributed by atoms with van der Waals surface area (Å²) in [6.07, 6.45) is 5.05. The Morgan fingerprint density at radius 3 is 2.62 bits per heavy atom. The number of carbonyl (C=O) groups excluding carboxylic acids is 1. The summed E-state index contributed by atoms with van der Waals surface area (Å²) in [4.78, 5) is 25.0. The number of amides is 1. The van der Waals surface area contributed by atoms with Crippen LogP contribution in [0.3, 0.4) is 0 Å². The van der Waals surface area contributed by atoms with Crippen molar-refractivity contribution in [2.75, 3.05) is 11.9 Å². The normalized spacial score (nSPS) is 16.0. The van der Waals surface area contributed by atoms with Crippen molar-refractivity contribution in [2.24, 2.45) is 0 Å². The molecule has 0 radical (unpaired) electrons. The Bertz CT molecular complexity index is 779. The highest BCUT2D eigenvalue weighted by molar-refractivity contribution is 7.10. The first-order chi connectivity index (χ1) is 12.5. The van der Waals surface area contributed by atoms with E-state index in [9.17, 15) is 9.59 Å². The van der Waals surface area contributed by atoms with E-state index in [1.165, 1.54) is 6.42 Å². The second-order valence-electron chi connectivity index (χ2n) is 6.73. The van der Waals surface area contributed by atoms with Gasteiger partial charge < -0.3 is 15.2 Å². The molecule has 0 saturated heterocycles. The molecule has 0 atom stereocenters. The third-order valence-corrected chi connectivity index (χ3v) is 6.02. The topological polar surface area (TPSA) is 75.6 Å². The van der Waals surface area contributed by atoms with Crippen LogP contribution in [0.1, 0.15) is 42.5 Å². The molecule has 2 aromatic rings. The van der Waals surface area contributed by atoms with Gasteiger partial charge in [-0.15, -0.1) is 11.3 Å². The lowest BCUT2D eigenvalue weighted by molar-refractivity contribution is -0.139. The molecule has 1 saturated carbocycles. The quantitative estimate of drug-likeness (QED) is 0.789. The molecule has 1 aromatic carbocycles. The molecule has 1 aliphatic carbocycles. The molecule has 1 aromatic heterocycles. The number of anilines is 1. The van der Waals surface area contributed by atoms with E-state index in [-0.39, 0.29) is 12.5 Å². The summed E-state index contributed by atoms with van der Waals surface area (Å²) in [5.41, 5.74) is 1.13. The van der Waals surface area contributed by atoms with E-state index in [1.807, 2.05) is 18.4 Å². The first kappa shape index (κ1) is 18.5. The Kier molecular flexibility index (Phi) is 5.61. The molecule has 1 heterocycles. The van der Waals surface area contributed by atoms with Crippen LogP contribution in [0.15, 0.2) is 35.7 Å². The van der Waals surface area contributed by atoms with Crippen LogP contribution in [0.5, 0.6) is 5.75 Å². The van der Waals surface area contributed by atoms with Crippen molar-refractivity contribution in [3.63, 3.8) is 0 Å². The molecule has 138 valence electrons. The van der Waals surface area contributed by atoms with Gasteiger partial charge in [0.25, 0.3) is 0 Å². The van der Waals surface area contributed by atoms with Gasteiger partial charge in [-0.25, -0.2) is 4.79 Å². The molecule has 3 rings (SSSR count). The Morgan fingerprint density at radius 1 is 1.23 bits per heavy atom. The van der Waals surface area contributed by atoms with Crippen molar-refractivity contribution in [3.05, 3.63) is 46.2 Å². The van der Waals surface area contributed by atoms with Crippen LogP contribution < -0.4 is 10.1 Å². The zero-order valence-electron chi connectivity index (χ0n) is 14.8. The monoisotopic (exact) mass is 373 g/mol. The zero-order chi connectivity index (χ0) is 18.6. The van der Waals surface area contributed by atoms with Crippen LogP contribution in [0.4, 0.5) is 5.69 Å². The van der Waals surface area contributed by atoms with E-state index in [1.54, 1.807) is 29.5 Å². The highest BCUT2D eigenvalue weighted by atomic mass is 32.1. The summed E-state index contributed by atoms with van der Waals surface area (Å²) in [5, 5.41) is 13.8. The minimum Gasteiger partial charge on any atom is -0.482 e. The van der Waals surface area contributed by atoms with Crippen molar-refractivity contribution in [3.8, 4) is 5.75 Å². The van der Waals surface area contributed by atoms with Crippen LogP contribution in [-0.2, 0) is 15.0 Å². The molecule has 2 N–H and O–H groups in total. The Labute approximate surface area is 157 Å². The second-order valence-corrected chi connectivity index (χ2v) is 7.68. The standard InChI is InChI=1S/C20H23NO4S/c1-14-12-15(25-13-18(22)23)7-8-16(14)21-19(24)20(9-3-2-4-10-20)17-6-5-11-26-17/h5-8,11-12H,2-4,9-10,13H2,1H3,(H,21,24)(H,22,23). The number of carboxylic acid groups (broad SMARTS) is 1. The lowest BCUT2D eigenvalue weighted by atomic mass is 9.72. The molecule has 6 heteroatoms. The summed E-state index contributed by atoms with van der Waals surface area (Å²) >= 11 is 1.65. The Balaban J connectivity index is 1.78. The van der Waals surface area contributed by atoms with Crippen molar-refractivity contribution in [1.82, 2.24) is 0 Å². The maximum absolute atomic E-state index is 13.2. The maximum atomic E-state index is 13.2. The van der Waals surface area contributed by atoms with E-state index in [0.717, 1.165) is 41.8 Å². The van der Waals surface area contributed by atoms with E-state index < -0.39 is 11.4 Å². The lowest BCUT2D eigenvalue weighted by Crippen LogP contribution is -2.41. The van der Waals surface area contributed by atoms with Gasteiger partial charge in [-0.3, -0.25) is 4.79 Å². The number of rotatable bonds is 6. The molecule has 1 amide bonds. The summed E-state index contributed by atoms with van der Waals surface area (Å²) in [6.45, 7) is 1.49. The second kappa shape index (κ2) is 7.91. The molecule has 0 unspecified atom stereocenters. The van der Waals surface area contributed by atoms with Gasteiger partial charge in [-0.1, -0.05) is 25.3 Å². The molecule has 0 bridgehead atoms. The fourth-order valence-corrected chi connectivity index (χ4v) is 4.53. The van der Waals surface area contributed by atoms with Crippen LogP contribution in [0.2, 0.25) is 0 Å². The number of aryl methyl sites for hydroxylation is 1. The van der Waals surface area contributed by atoms with Crippen molar-refractivity contribution >= 4 is 28.9 Å². The number of thiophene rings is 1. The maximum Gasteiger partial charge on any atom is 0.341 e. The fraction of sp³-hybridized carbons (Fsp3) is 0.400. The van der Waals surface area contributed by atoms with Gasteiger partial charge in [-0.2, -0.15) is 0 Å².